The molecule has 1 aromatic heterocycles. The van der Waals surface area contributed by atoms with Crippen LogP contribution in [0.3, 0.4) is 0 Å². The predicted octanol–water partition coefficient (Wildman–Crippen LogP) is 8.64. The molecule has 0 unspecified atom stereocenters. The van der Waals surface area contributed by atoms with Crippen LogP contribution in [0.15, 0.2) is 111 Å². The van der Waals surface area contributed by atoms with E-state index in [1.54, 1.807) is 12.1 Å². The third-order valence-electron chi connectivity index (χ3n) is 11.8. The van der Waals surface area contributed by atoms with Crippen molar-refractivity contribution in [2.45, 2.75) is 103 Å². The summed E-state index contributed by atoms with van der Waals surface area (Å²) in [5.74, 6) is 5.93. The number of carbonyl (C=O) groups is 2. The first-order chi connectivity index (χ1) is 28.1. The highest BCUT2D eigenvalue weighted by molar-refractivity contribution is 5.90. The Hall–Kier alpha value is -5.91. The molecule has 0 amide bonds. The predicted molar refractivity (Wildman–Crippen MR) is 221 cm³/mol. The molecule has 4 atom stereocenters. The van der Waals surface area contributed by atoms with Gasteiger partial charge in [-0.3, -0.25) is 4.79 Å². The van der Waals surface area contributed by atoms with E-state index in [-0.39, 0.29) is 29.9 Å². The first-order valence-electron chi connectivity index (χ1n) is 20.2. The molecule has 0 aliphatic carbocycles. The Morgan fingerprint density at radius 2 is 1.64 bits per heavy atom. The van der Waals surface area contributed by atoms with Crippen molar-refractivity contribution in [3.8, 4) is 17.6 Å². The summed E-state index contributed by atoms with van der Waals surface area (Å²) in [7, 11) is 0. The topological polar surface area (TPSA) is 112 Å². The number of ether oxygens (including phenoxy) is 3. The molecule has 0 fully saturated rings. The second-order valence-corrected chi connectivity index (χ2v) is 16.3. The van der Waals surface area contributed by atoms with Crippen LogP contribution < -0.4 is 10.4 Å². The van der Waals surface area contributed by atoms with Crippen LogP contribution in [0.4, 0.5) is 0 Å². The molecular formula is C50H48O8. The molecular weight excluding hydrogens is 729 g/mol. The Bertz CT molecular complexity index is 2530. The van der Waals surface area contributed by atoms with E-state index in [0.29, 0.717) is 48.0 Å². The van der Waals surface area contributed by atoms with Crippen molar-refractivity contribution in [2.75, 3.05) is 0 Å². The summed E-state index contributed by atoms with van der Waals surface area (Å²) >= 11 is 0. The Balaban J connectivity index is 1.23. The maximum absolute atomic E-state index is 14.5. The van der Waals surface area contributed by atoms with Gasteiger partial charge in [0.05, 0.1) is 18.6 Å². The molecule has 1 N–H and O–H groups in total. The van der Waals surface area contributed by atoms with E-state index in [9.17, 15) is 19.5 Å². The van der Waals surface area contributed by atoms with Crippen LogP contribution in [0, 0.1) is 17.8 Å². The number of rotatable bonds is 6. The Labute approximate surface area is 338 Å². The zero-order valence-corrected chi connectivity index (χ0v) is 33.3. The van der Waals surface area contributed by atoms with E-state index in [1.807, 2.05) is 26.8 Å². The number of aryl methyl sites for hydroxylation is 2. The van der Waals surface area contributed by atoms with Gasteiger partial charge >= 0.3 is 17.6 Å². The highest BCUT2D eigenvalue weighted by Gasteiger charge is 2.53. The highest BCUT2D eigenvalue weighted by Crippen LogP contribution is 2.48. The van der Waals surface area contributed by atoms with Gasteiger partial charge in [0, 0.05) is 29.9 Å². The Morgan fingerprint density at radius 1 is 0.828 bits per heavy atom. The van der Waals surface area contributed by atoms with Crippen molar-refractivity contribution >= 4 is 22.9 Å². The molecule has 5 aromatic rings. The lowest BCUT2D eigenvalue weighted by molar-refractivity contribution is -0.190. The number of hydrogen-bond acceptors (Lipinski definition) is 8. The summed E-state index contributed by atoms with van der Waals surface area (Å²) < 4.78 is 25.6. The van der Waals surface area contributed by atoms with Crippen molar-refractivity contribution in [3.05, 3.63) is 157 Å². The van der Waals surface area contributed by atoms with E-state index in [2.05, 4.69) is 78.6 Å². The quantitative estimate of drug-likeness (QED) is 0.0790. The minimum absolute atomic E-state index is 0.0937. The number of esters is 2. The van der Waals surface area contributed by atoms with E-state index in [0.717, 1.165) is 41.5 Å². The van der Waals surface area contributed by atoms with Gasteiger partial charge in [-0.2, -0.15) is 0 Å². The lowest BCUT2D eigenvalue weighted by atomic mass is 9.82. The van der Waals surface area contributed by atoms with Crippen LogP contribution in [0.5, 0.6) is 5.75 Å². The summed E-state index contributed by atoms with van der Waals surface area (Å²) in [6.45, 7) is 5.18. The van der Waals surface area contributed by atoms with Crippen molar-refractivity contribution < 1.29 is 33.3 Å². The standard InChI is InChI=1S/C50H48O8/c1-31(2)40-20-18-34-17-19-38-27-36(16-15-33-12-9-13-35(25-33)24-32-10-5-4-6-11-32)28-43(52)56-47-45-42(22-21-41-39(30-51)29-44(53)55-46(41)45)58-50(3,48(47)57-49(40)54)23-8-7-14-37(38)26-34/h4-6,9-13,17,19,21-22,25-26,29,36,47-48,51H,14-16,18,20,23-24,27-28,30H2,1-3H3/t36-,47-,48+,50-/m1/s1. The summed E-state index contributed by atoms with van der Waals surface area (Å²) in [6, 6.07) is 30.2. The Kier molecular flexibility index (Phi) is 11.1. The van der Waals surface area contributed by atoms with E-state index < -0.39 is 42.0 Å². The molecule has 58 heavy (non-hydrogen) atoms. The largest absolute Gasteiger partial charge is 0.482 e. The van der Waals surface area contributed by atoms with E-state index in [4.69, 9.17) is 18.6 Å². The maximum atomic E-state index is 14.5. The molecule has 8 heteroatoms. The van der Waals surface area contributed by atoms with Crippen molar-refractivity contribution in [1.29, 1.82) is 0 Å². The SMILES string of the molecule is CC(C)=C1CCc2ccc3c(c2)CC#CC[C@@]2(C)Oc4ccc5c(CO)cc(=O)oc5c4[C@@H](OC(=O)C[C@H](CCc4cccc(Cc5ccccc5)c4)C3)[C@@H]2OC1=O. The van der Waals surface area contributed by atoms with Crippen LogP contribution in [0.1, 0.15) is 97.1 Å². The second-order valence-electron chi connectivity index (χ2n) is 16.3. The molecule has 3 aliphatic rings. The number of benzene rings is 4. The minimum Gasteiger partial charge on any atom is -0.482 e. The number of fused-ring (bicyclic) bond motifs is 7. The fourth-order valence-corrected chi connectivity index (χ4v) is 8.72. The van der Waals surface area contributed by atoms with Crippen LogP contribution in [0.25, 0.3) is 11.0 Å². The summed E-state index contributed by atoms with van der Waals surface area (Å²) in [4.78, 5) is 41.8. The van der Waals surface area contributed by atoms with Crippen LogP contribution >= 0.6 is 0 Å². The molecule has 0 spiro atoms. The summed E-state index contributed by atoms with van der Waals surface area (Å²) in [6.07, 6.45) is 2.41. The minimum atomic E-state index is -1.26. The fourth-order valence-electron chi connectivity index (χ4n) is 8.72. The van der Waals surface area contributed by atoms with Crippen molar-refractivity contribution in [1.82, 2.24) is 0 Å². The van der Waals surface area contributed by atoms with Gasteiger partial charge in [0.2, 0.25) is 0 Å². The first kappa shape index (κ1) is 38.9. The smallest absolute Gasteiger partial charge is 0.336 e. The van der Waals surface area contributed by atoms with Crippen LogP contribution in [-0.2, 0) is 57.8 Å². The molecule has 3 aliphatic heterocycles. The maximum Gasteiger partial charge on any atom is 0.336 e. The van der Waals surface area contributed by atoms with Crippen LogP contribution in [0.2, 0.25) is 0 Å². The molecule has 4 heterocycles. The first-order valence-corrected chi connectivity index (χ1v) is 20.2. The van der Waals surface area contributed by atoms with E-state index >= 15 is 0 Å². The molecule has 296 valence electrons. The third kappa shape index (κ3) is 8.23. The monoisotopic (exact) mass is 776 g/mol. The van der Waals surface area contributed by atoms with Gasteiger partial charge in [0.25, 0.3) is 0 Å². The van der Waals surface area contributed by atoms with Crippen molar-refractivity contribution in [3.63, 3.8) is 0 Å². The average molecular weight is 777 g/mol. The van der Waals surface area contributed by atoms with Gasteiger partial charge in [-0.1, -0.05) is 90.2 Å². The summed E-state index contributed by atoms with van der Waals surface area (Å²) in [5.41, 5.74) is 7.15. The number of aliphatic hydroxyl groups excluding tert-OH is 1. The molecule has 0 saturated carbocycles. The zero-order valence-electron chi connectivity index (χ0n) is 33.3. The molecule has 4 aromatic carbocycles. The normalized spacial score (nSPS) is 21.7. The van der Waals surface area contributed by atoms with Gasteiger partial charge in [-0.05, 0) is 116 Å². The average Bonchev–Trinajstić information content (AvgIpc) is 3.20. The molecule has 5 bridgehead atoms. The summed E-state index contributed by atoms with van der Waals surface area (Å²) in [5, 5.41) is 10.7. The van der Waals surface area contributed by atoms with Gasteiger partial charge in [0.15, 0.2) is 17.8 Å². The lowest BCUT2D eigenvalue weighted by Gasteiger charge is -2.44. The highest BCUT2D eigenvalue weighted by atomic mass is 16.6. The third-order valence-corrected chi connectivity index (χ3v) is 11.8. The van der Waals surface area contributed by atoms with Gasteiger partial charge in [0.1, 0.15) is 11.3 Å². The zero-order chi connectivity index (χ0) is 40.4. The van der Waals surface area contributed by atoms with Gasteiger partial charge in [-0.25, -0.2) is 9.59 Å². The molecule has 0 radical (unpaired) electrons. The van der Waals surface area contributed by atoms with Gasteiger partial charge < -0.3 is 23.7 Å². The molecule has 0 saturated heterocycles. The number of carbonyl (C=O) groups excluding carboxylic acids is 2. The fraction of sp³-hybridized carbons (Fsp3) is 0.340. The lowest BCUT2D eigenvalue weighted by Crippen LogP contribution is -2.54. The molecule has 8 rings (SSSR count). The Morgan fingerprint density at radius 3 is 2.45 bits per heavy atom. The number of allylic oxidation sites excluding steroid dienone is 1. The molecule has 8 nitrogen and oxygen atoms in total. The van der Waals surface area contributed by atoms with Crippen molar-refractivity contribution in [2.24, 2.45) is 5.92 Å². The number of hydrogen-bond donors (Lipinski definition) is 1. The van der Waals surface area contributed by atoms with Gasteiger partial charge in [-0.15, -0.1) is 0 Å². The van der Waals surface area contributed by atoms with Crippen LogP contribution in [-0.4, -0.2) is 28.8 Å². The second kappa shape index (κ2) is 16.5. The number of aliphatic hydroxyl groups is 1. The van der Waals surface area contributed by atoms with E-state index in [1.165, 1.54) is 22.8 Å².